The second kappa shape index (κ2) is 5.34. The monoisotopic (exact) mass is 276 g/mol. The van der Waals surface area contributed by atoms with Crippen LogP contribution in [0, 0.1) is 0 Å². The molecule has 0 radical (unpaired) electrons. The van der Waals surface area contributed by atoms with Crippen LogP contribution in [-0.2, 0) is 5.41 Å². The molecule has 1 aromatic heterocycles. The molecule has 0 aliphatic carbocycles. The van der Waals surface area contributed by atoms with E-state index < -0.39 is 11.5 Å². The Balaban J connectivity index is 2.40. The van der Waals surface area contributed by atoms with Gasteiger partial charge in [-0.1, -0.05) is 37.2 Å². The molecule has 0 unspecified atom stereocenters. The minimum absolute atomic E-state index is 0.0974. The highest BCUT2D eigenvalue weighted by Gasteiger charge is 2.28. The van der Waals surface area contributed by atoms with Crippen molar-refractivity contribution in [3.63, 3.8) is 0 Å². The number of aliphatic hydroxyl groups is 1. The molecule has 2 rings (SSSR count). The molecule has 0 spiro atoms. The Labute approximate surface area is 116 Å². The van der Waals surface area contributed by atoms with E-state index in [1.807, 2.05) is 0 Å². The van der Waals surface area contributed by atoms with Gasteiger partial charge in [0.05, 0.1) is 18.0 Å². The maximum atomic E-state index is 11.4. The number of anilines is 2. The fourth-order valence-electron chi connectivity index (χ4n) is 1.68. The van der Waals surface area contributed by atoms with Crippen LogP contribution in [0.1, 0.15) is 19.5 Å². The lowest BCUT2D eigenvalue weighted by atomic mass is 9.91. The van der Waals surface area contributed by atoms with Gasteiger partial charge in [0.1, 0.15) is 0 Å². The zero-order valence-corrected chi connectivity index (χ0v) is 11.3. The van der Waals surface area contributed by atoms with Gasteiger partial charge >= 0.3 is 6.09 Å². The largest absolute Gasteiger partial charge is 0.464 e. The van der Waals surface area contributed by atoms with E-state index in [2.05, 4.69) is 5.16 Å². The molecule has 2 aromatic rings. The third kappa shape index (κ3) is 2.65. The Kier molecular flexibility index (Phi) is 3.76. The average Bonchev–Trinajstić information content (AvgIpc) is 2.90. The zero-order chi connectivity index (χ0) is 14.8. The maximum Gasteiger partial charge on any atom is 0.418 e. The summed E-state index contributed by atoms with van der Waals surface area (Å²) in [5.41, 5.74) is 0.365. The van der Waals surface area contributed by atoms with Gasteiger partial charge in [-0.25, -0.2) is 9.69 Å². The molecule has 0 saturated heterocycles. The molecule has 0 fully saturated rings. The normalized spacial score (nSPS) is 11.3. The lowest BCUT2D eigenvalue weighted by Crippen LogP contribution is -2.24. The van der Waals surface area contributed by atoms with Crippen LogP contribution >= 0.6 is 0 Å². The Morgan fingerprint density at radius 3 is 2.55 bits per heavy atom. The van der Waals surface area contributed by atoms with Gasteiger partial charge in [-0.15, -0.1) is 0 Å². The number of aromatic nitrogens is 1. The molecule has 106 valence electrons. The number of carboxylic acid groups (broad SMARTS) is 1. The van der Waals surface area contributed by atoms with Gasteiger partial charge in [-0.2, -0.15) is 0 Å². The number of hydrogen-bond acceptors (Lipinski definition) is 4. The van der Waals surface area contributed by atoms with E-state index in [-0.39, 0.29) is 12.5 Å². The van der Waals surface area contributed by atoms with Crippen molar-refractivity contribution in [1.29, 1.82) is 0 Å². The number of carbonyl (C=O) groups is 1. The smallest absolute Gasteiger partial charge is 0.418 e. The zero-order valence-electron chi connectivity index (χ0n) is 11.3. The number of nitrogens with zero attached hydrogens (tertiary/aromatic N) is 2. The Morgan fingerprint density at radius 2 is 2.00 bits per heavy atom. The first-order valence-electron chi connectivity index (χ1n) is 6.12. The van der Waals surface area contributed by atoms with E-state index >= 15 is 0 Å². The Morgan fingerprint density at radius 1 is 1.35 bits per heavy atom. The molecule has 0 bridgehead atoms. The lowest BCUT2D eigenvalue weighted by molar-refractivity contribution is 0.202. The van der Waals surface area contributed by atoms with E-state index in [1.54, 1.807) is 44.2 Å². The standard InChI is InChI=1S/C14H16N2O4/c1-14(2,9-17)11-8-12(20-15-11)16(13(18)19)10-6-4-3-5-7-10/h3-8,17H,9H2,1-2H3,(H,18,19). The molecule has 6 heteroatoms. The predicted molar refractivity (Wildman–Crippen MR) is 73.2 cm³/mol. The molecule has 0 saturated carbocycles. The molecular weight excluding hydrogens is 260 g/mol. The number of aliphatic hydroxyl groups excluding tert-OH is 1. The average molecular weight is 276 g/mol. The van der Waals surface area contributed by atoms with Crippen molar-refractivity contribution in [3.8, 4) is 0 Å². The molecule has 1 aromatic carbocycles. The maximum absolute atomic E-state index is 11.4. The van der Waals surface area contributed by atoms with E-state index in [9.17, 15) is 15.0 Å². The molecule has 2 N–H and O–H groups in total. The van der Waals surface area contributed by atoms with Crippen molar-refractivity contribution in [2.24, 2.45) is 0 Å². The fraction of sp³-hybridized carbons (Fsp3) is 0.286. The minimum atomic E-state index is -1.17. The van der Waals surface area contributed by atoms with Crippen LogP contribution in [-0.4, -0.2) is 28.1 Å². The number of hydrogen-bond donors (Lipinski definition) is 2. The summed E-state index contributed by atoms with van der Waals surface area (Å²) >= 11 is 0. The second-order valence-corrected chi connectivity index (χ2v) is 5.05. The first-order valence-corrected chi connectivity index (χ1v) is 6.12. The van der Waals surface area contributed by atoms with E-state index in [4.69, 9.17) is 4.52 Å². The van der Waals surface area contributed by atoms with Crippen molar-refractivity contribution in [2.45, 2.75) is 19.3 Å². The van der Waals surface area contributed by atoms with E-state index in [0.29, 0.717) is 11.4 Å². The first kappa shape index (κ1) is 14.1. The highest BCUT2D eigenvalue weighted by molar-refractivity contribution is 5.93. The van der Waals surface area contributed by atoms with Crippen LogP contribution in [0.25, 0.3) is 0 Å². The van der Waals surface area contributed by atoms with Crippen molar-refractivity contribution in [2.75, 3.05) is 11.5 Å². The summed E-state index contributed by atoms with van der Waals surface area (Å²) in [4.78, 5) is 12.4. The summed E-state index contributed by atoms with van der Waals surface area (Å²) in [6, 6.07) is 10.1. The molecular formula is C14H16N2O4. The highest BCUT2D eigenvalue weighted by Crippen LogP contribution is 2.30. The van der Waals surface area contributed by atoms with Gasteiger partial charge in [-0.05, 0) is 12.1 Å². The van der Waals surface area contributed by atoms with Crippen LogP contribution in [0.15, 0.2) is 40.9 Å². The van der Waals surface area contributed by atoms with Gasteiger partial charge < -0.3 is 14.7 Å². The topological polar surface area (TPSA) is 86.8 Å². The van der Waals surface area contributed by atoms with Crippen molar-refractivity contribution < 1.29 is 19.5 Å². The van der Waals surface area contributed by atoms with E-state index in [0.717, 1.165) is 4.90 Å². The molecule has 6 nitrogen and oxygen atoms in total. The third-order valence-electron chi connectivity index (χ3n) is 3.01. The quantitative estimate of drug-likeness (QED) is 0.896. The molecule has 1 amide bonds. The SMILES string of the molecule is CC(C)(CO)c1cc(N(C(=O)O)c2ccccc2)on1. The number of rotatable bonds is 4. The fourth-order valence-corrected chi connectivity index (χ4v) is 1.68. The first-order chi connectivity index (χ1) is 9.45. The highest BCUT2D eigenvalue weighted by atomic mass is 16.5. The predicted octanol–water partition coefficient (Wildman–Crippen LogP) is 2.76. The number of benzene rings is 1. The molecule has 1 heterocycles. The van der Waals surface area contributed by atoms with Crippen molar-refractivity contribution >= 4 is 17.7 Å². The minimum Gasteiger partial charge on any atom is -0.464 e. The Hall–Kier alpha value is -2.34. The van der Waals surface area contributed by atoms with Crippen LogP contribution in [0.4, 0.5) is 16.4 Å². The van der Waals surface area contributed by atoms with Gasteiger partial charge in [-0.3, -0.25) is 0 Å². The summed E-state index contributed by atoms with van der Waals surface area (Å²) in [5, 5.41) is 22.5. The number of para-hydroxylation sites is 1. The van der Waals surface area contributed by atoms with Gasteiger partial charge in [0.25, 0.3) is 0 Å². The molecule has 0 atom stereocenters. The van der Waals surface area contributed by atoms with Crippen molar-refractivity contribution in [1.82, 2.24) is 5.16 Å². The lowest BCUT2D eigenvalue weighted by Gasteiger charge is -2.17. The van der Waals surface area contributed by atoms with Crippen LogP contribution in [0.3, 0.4) is 0 Å². The van der Waals surface area contributed by atoms with Crippen molar-refractivity contribution in [3.05, 3.63) is 42.1 Å². The van der Waals surface area contributed by atoms with Gasteiger partial charge in [0.2, 0.25) is 5.88 Å². The molecule has 0 aliphatic rings. The van der Waals surface area contributed by atoms with Crippen LogP contribution < -0.4 is 4.90 Å². The van der Waals surface area contributed by atoms with Gasteiger partial charge in [0.15, 0.2) is 0 Å². The summed E-state index contributed by atoms with van der Waals surface area (Å²) < 4.78 is 5.11. The summed E-state index contributed by atoms with van der Waals surface area (Å²) in [6.07, 6.45) is -1.17. The summed E-state index contributed by atoms with van der Waals surface area (Å²) in [6.45, 7) is 3.47. The van der Waals surface area contributed by atoms with Crippen LogP contribution in [0.5, 0.6) is 0 Å². The summed E-state index contributed by atoms with van der Waals surface area (Å²) in [5.74, 6) is 0.0974. The summed E-state index contributed by atoms with van der Waals surface area (Å²) in [7, 11) is 0. The Bertz CT molecular complexity index is 592. The number of amides is 1. The van der Waals surface area contributed by atoms with E-state index in [1.165, 1.54) is 6.07 Å². The molecule has 20 heavy (non-hydrogen) atoms. The molecule has 0 aliphatic heterocycles. The van der Waals surface area contributed by atoms with Crippen LogP contribution in [0.2, 0.25) is 0 Å². The van der Waals surface area contributed by atoms with Gasteiger partial charge in [0, 0.05) is 11.5 Å². The second-order valence-electron chi connectivity index (χ2n) is 5.05. The third-order valence-corrected chi connectivity index (χ3v) is 3.01.